The zero-order valence-electron chi connectivity index (χ0n) is 37.1. The number of fused-ring (bicyclic) bond motifs is 3. The number of furan rings is 1. The zero-order chi connectivity index (χ0) is 48.5. The number of ether oxygens (including phenoxy) is 2. The van der Waals surface area contributed by atoms with Crippen LogP contribution in [-0.2, 0) is 6.61 Å². The van der Waals surface area contributed by atoms with Gasteiger partial charge in [0.05, 0.1) is 35.3 Å². The number of benzene rings is 6. The highest BCUT2D eigenvalue weighted by Gasteiger charge is 2.27. The van der Waals surface area contributed by atoms with Gasteiger partial charge < -0.3 is 29.6 Å². The predicted octanol–water partition coefficient (Wildman–Crippen LogP) is 10.6. The molecule has 0 aliphatic carbocycles. The third kappa shape index (κ3) is 11.0. The lowest BCUT2D eigenvalue weighted by molar-refractivity contribution is -0.384. The summed E-state index contributed by atoms with van der Waals surface area (Å²) in [5.41, 5.74) is 6.69. The molecule has 0 radical (unpaired) electrons. The molecule has 0 atom stereocenters. The number of allylic oxidation sites excluding steroid dienone is 1. The molecule has 15 nitrogen and oxygen atoms in total. The van der Waals surface area contributed by atoms with Crippen LogP contribution in [0.15, 0.2) is 156 Å². The maximum Gasteiger partial charge on any atom is 0.291 e. The molecule has 0 bridgehead atoms. The number of aryl methyl sites for hydroxylation is 1. The highest BCUT2D eigenvalue weighted by atomic mass is 16.6. The third-order valence-corrected chi connectivity index (χ3v) is 10.6. The van der Waals surface area contributed by atoms with Crippen molar-refractivity contribution >= 4 is 74.2 Å². The Morgan fingerprint density at radius 3 is 2.06 bits per heavy atom. The minimum atomic E-state index is -0.514. The molecule has 1 aliphatic rings. The molecule has 8 aromatic rings. The summed E-state index contributed by atoms with van der Waals surface area (Å²) >= 11 is 0. The molecule has 15 heteroatoms. The molecule has 68 heavy (non-hydrogen) atoms. The van der Waals surface area contributed by atoms with Crippen LogP contribution in [0.4, 0.5) is 17.1 Å². The van der Waals surface area contributed by atoms with Crippen molar-refractivity contribution in [2.24, 2.45) is 0 Å². The molecule has 6 aromatic carbocycles. The van der Waals surface area contributed by atoms with Crippen molar-refractivity contribution in [2.45, 2.75) is 27.4 Å². The highest BCUT2D eigenvalue weighted by Crippen LogP contribution is 2.34. The first kappa shape index (κ1) is 46.9. The summed E-state index contributed by atoms with van der Waals surface area (Å²) in [5.74, 6) is 0.427. The minimum absolute atomic E-state index is 0.0266. The van der Waals surface area contributed by atoms with E-state index in [1.807, 2.05) is 43.3 Å². The van der Waals surface area contributed by atoms with Gasteiger partial charge in [-0.1, -0.05) is 54.6 Å². The number of rotatable bonds is 10. The number of aliphatic hydroxyl groups is 1. The SMILES string of the molecule is CC(=O)c1cccc(NC(=O)c2cc3cc([N+](=O)[O-])ccc3o2)c1.CC(=O)c1cccc(NC(=O)c2cnc3ccccc3c2)c1.COc1cc(C)c(CO)cc1/C=C1\Oc2ccccc2C1=O. The molecule has 3 heterocycles. The molecule has 0 spiro atoms. The molecular weight excluding hydrogens is 869 g/mol. The Kier molecular flexibility index (Phi) is 14.4. The van der Waals surface area contributed by atoms with Gasteiger partial charge in [0.15, 0.2) is 23.1 Å². The second kappa shape index (κ2) is 20.8. The Morgan fingerprint density at radius 2 is 1.41 bits per heavy atom. The fraction of sp³-hybridized carbons (Fsp3) is 0.0943. The summed E-state index contributed by atoms with van der Waals surface area (Å²) < 4.78 is 16.4. The number of anilines is 2. The fourth-order valence-corrected chi connectivity index (χ4v) is 6.96. The molecule has 2 aromatic heterocycles. The number of methoxy groups -OCH3 is 1. The average Bonchev–Trinajstić information content (AvgIpc) is 3.92. The Morgan fingerprint density at radius 1 is 0.750 bits per heavy atom. The lowest BCUT2D eigenvalue weighted by Gasteiger charge is -2.10. The summed E-state index contributed by atoms with van der Waals surface area (Å²) in [5, 5.41) is 27.0. The van der Waals surface area contributed by atoms with Crippen LogP contribution in [0, 0.1) is 17.0 Å². The average molecular weight is 911 g/mol. The maximum atomic E-state index is 12.3. The van der Waals surface area contributed by atoms with Gasteiger partial charge in [-0.3, -0.25) is 39.1 Å². The molecule has 3 N–H and O–H groups in total. The summed E-state index contributed by atoms with van der Waals surface area (Å²) in [4.78, 5) is 74.2. The highest BCUT2D eigenvalue weighted by molar-refractivity contribution is 6.14. The number of aromatic nitrogens is 1. The molecule has 0 saturated heterocycles. The molecular formula is C53H42N4O11. The first-order valence-electron chi connectivity index (χ1n) is 20.9. The second-order valence-electron chi connectivity index (χ2n) is 15.3. The number of para-hydroxylation sites is 2. The first-order valence-corrected chi connectivity index (χ1v) is 20.9. The molecule has 0 fully saturated rings. The number of non-ortho nitro benzene ring substituents is 1. The van der Waals surface area contributed by atoms with E-state index in [2.05, 4.69) is 15.6 Å². The predicted molar refractivity (Wildman–Crippen MR) is 256 cm³/mol. The van der Waals surface area contributed by atoms with E-state index < -0.39 is 10.8 Å². The van der Waals surface area contributed by atoms with E-state index in [1.165, 1.54) is 38.1 Å². The fourth-order valence-electron chi connectivity index (χ4n) is 6.96. The summed E-state index contributed by atoms with van der Waals surface area (Å²) in [6, 6.07) is 39.1. The van der Waals surface area contributed by atoms with Crippen LogP contribution in [0.25, 0.3) is 27.9 Å². The molecule has 0 unspecified atom stereocenters. The van der Waals surface area contributed by atoms with Crippen LogP contribution in [-0.4, -0.2) is 51.3 Å². The summed E-state index contributed by atoms with van der Waals surface area (Å²) in [6.45, 7) is 4.76. The second-order valence-corrected chi connectivity index (χ2v) is 15.3. The number of carbonyl (C=O) groups excluding carboxylic acids is 5. The quantitative estimate of drug-likeness (QED) is 0.0505. The molecule has 9 rings (SSSR count). The maximum absolute atomic E-state index is 12.3. The summed E-state index contributed by atoms with van der Waals surface area (Å²) in [6.07, 6.45) is 3.20. The monoisotopic (exact) mass is 910 g/mol. The number of nitro groups is 1. The Labute approximate surface area is 388 Å². The number of ketones is 3. The van der Waals surface area contributed by atoms with Gasteiger partial charge in [0.1, 0.15) is 17.1 Å². The number of Topliss-reactive ketones (excluding diaryl/α,β-unsaturated/α-hetero) is 3. The topological polar surface area (TPSA) is 217 Å². The van der Waals surface area contributed by atoms with Crippen molar-refractivity contribution in [2.75, 3.05) is 17.7 Å². The van der Waals surface area contributed by atoms with Crippen molar-refractivity contribution in [3.63, 3.8) is 0 Å². The largest absolute Gasteiger partial charge is 0.496 e. The van der Waals surface area contributed by atoms with E-state index in [4.69, 9.17) is 13.9 Å². The number of hydrogen-bond donors (Lipinski definition) is 3. The number of pyridine rings is 1. The minimum Gasteiger partial charge on any atom is -0.496 e. The number of nitro benzene ring substituents is 1. The van der Waals surface area contributed by atoms with E-state index in [-0.39, 0.29) is 47.1 Å². The van der Waals surface area contributed by atoms with Crippen LogP contribution < -0.4 is 20.1 Å². The van der Waals surface area contributed by atoms with Crippen LogP contribution >= 0.6 is 0 Å². The zero-order valence-corrected chi connectivity index (χ0v) is 37.1. The van der Waals surface area contributed by atoms with Crippen LogP contribution in [0.1, 0.15) is 82.5 Å². The summed E-state index contributed by atoms with van der Waals surface area (Å²) in [7, 11) is 1.57. The van der Waals surface area contributed by atoms with Gasteiger partial charge in [-0.05, 0) is 111 Å². The number of carbonyl (C=O) groups is 5. The normalized spacial score (nSPS) is 11.9. The van der Waals surface area contributed by atoms with Crippen molar-refractivity contribution < 1.29 is 47.9 Å². The van der Waals surface area contributed by atoms with E-state index in [0.29, 0.717) is 61.7 Å². The van der Waals surface area contributed by atoms with E-state index in [0.717, 1.165) is 22.0 Å². The number of amides is 2. The molecule has 1 aliphatic heterocycles. The smallest absolute Gasteiger partial charge is 0.291 e. The standard InChI is InChI=1S/C18H14N2O2.C18H16O4.C17H12N2O5/c1-12(21)13-6-4-7-16(10-13)20-18(22)15-9-14-5-2-3-8-17(14)19-11-15;1-11-7-16(21-2)12(8-13(11)10-19)9-17-18(20)14-5-3-4-6-15(14)22-17;1-10(20)11-3-2-4-13(7-11)18-17(21)16-9-12-8-14(19(22)23)5-6-15(12)24-16/h2-11H,1H3,(H,20,22);3-9,19H,10H2,1-2H3;2-9H,1H3,(H,18,21)/b;17-9-;. The van der Waals surface area contributed by atoms with Gasteiger partial charge in [-0.15, -0.1) is 0 Å². The lowest BCUT2D eigenvalue weighted by atomic mass is 10.0. The van der Waals surface area contributed by atoms with E-state index in [9.17, 15) is 39.2 Å². The van der Waals surface area contributed by atoms with Gasteiger partial charge in [-0.25, -0.2) is 0 Å². The van der Waals surface area contributed by atoms with Gasteiger partial charge >= 0.3 is 0 Å². The van der Waals surface area contributed by atoms with Crippen molar-refractivity contribution in [1.29, 1.82) is 0 Å². The number of aliphatic hydroxyl groups excluding tert-OH is 1. The van der Waals surface area contributed by atoms with E-state index in [1.54, 1.807) is 98.2 Å². The number of nitrogens with zero attached hydrogens (tertiary/aromatic N) is 2. The Hall–Kier alpha value is -9.08. The third-order valence-electron chi connectivity index (χ3n) is 10.6. The van der Waals surface area contributed by atoms with Gasteiger partial charge in [0, 0.05) is 57.2 Å². The molecule has 0 saturated carbocycles. The van der Waals surface area contributed by atoms with Crippen molar-refractivity contribution in [3.8, 4) is 11.5 Å². The lowest BCUT2D eigenvalue weighted by Crippen LogP contribution is -2.12. The van der Waals surface area contributed by atoms with E-state index >= 15 is 0 Å². The number of hydrogen-bond acceptors (Lipinski definition) is 12. The Bertz CT molecular complexity index is 3320. The van der Waals surface area contributed by atoms with Crippen LogP contribution in [0.2, 0.25) is 0 Å². The first-order chi connectivity index (χ1) is 32.7. The van der Waals surface area contributed by atoms with Crippen LogP contribution in [0.3, 0.4) is 0 Å². The van der Waals surface area contributed by atoms with Gasteiger partial charge in [0.25, 0.3) is 17.5 Å². The van der Waals surface area contributed by atoms with Crippen molar-refractivity contribution in [1.82, 2.24) is 4.98 Å². The van der Waals surface area contributed by atoms with Crippen LogP contribution in [0.5, 0.6) is 11.5 Å². The van der Waals surface area contributed by atoms with Gasteiger partial charge in [0.2, 0.25) is 5.78 Å². The van der Waals surface area contributed by atoms with Gasteiger partial charge in [-0.2, -0.15) is 0 Å². The Balaban J connectivity index is 0.000000151. The van der Waals surface area contributed by atoms with Crippen molar-refractivity contribution in [3.05, 3.63) is 206 Å². The molecule has 340 valence electrons. The number of nitrogens with one attached hydrogen (secondary N) is 2. The molecule has 2 amide bonds.